The fourth-order valence-corrected chi connectivity index (χ4v) is 13.0. The van der Waals surface area contributed by atoms with Crippen LogP contribution in [0.1, 0.15) is 154 Å². The van der Waals surface area contributed by atoms with Crippen molar-refractivity contribution in [1.29, 1.82) is 0 Å². The fourth-order valence-electron chi connectivity index (χ4n) is 13.0. The summed E-state index contributed by atoms with van der Waals surface area (Å²) in [6.07, 6.45) is 2.27. The lowest BCUT2D eigenvalue weighted by Gasteiger charge is -2.46. The highest BCUT2D eigenvalue weighted by Crippen LogP contribution is 2.55. The van der Waals surface area contributed by atoms with Gasteiger partial charge in [0.2, 0.25) is 0 Å². The molecule has 0 fully saturated rings. The minimum Gasteiger partial charge on any atom is -0.311 e. The van der Waals surface area contributed by atoms with Crippen molar-refractivity contribution in [2.45, 2.75) is 156 Å². The summed E-state index contributed by atoms with van der Waals surface area (Å²) in [7, 11) is 0. The summed E-state index contributed by atoms with van der Waals surface area (Å²) in [5.41, 5.74) is 26.1. The van der Waals surface area contributed by atoms with Gasteiger partial charge in [0.15, 0.2) is 0 Å². The summed E-state index contributed by atoms with van der Waals surface area (Å²) in [6.45, 7) is 38.5. The molecule has 6 aromatic rings. The Morgan fingerprint density at radius 2 is 0.905 bits per heavy atom. The van der Waals surface area contributed by atoms with Crippen LogP contribution in [0.3, 0.4) is 0 Å². The first kappa shape index (κ1) is 42.0. The lowest BCUT2D eigenvalue weighted by Crippen LogP contribution is -2.62. The van der Waals surface area contributed by atoms with Crippen LogP contribution in [-0.2, 0) is 32.5 Å². The van der Waals surface area contributed by atoms with E-state index in [1.54, 1.807) is 0 Å². The van der Waals surface area contributed by atoms with Gasteiger partial charge < -0.3 is 9.80 Å². The van der Waals surface area contributed by atoms with Crippen LogP contribution in [0.4, 0.5) is 34.1 Å². The molecular formula is C60H69BN2. The maximum absolute atomic E-state index is 2.69. The maximum Gasteiger partial charge on any atom is 0.252 e. The molecule has 322 valence electrons. The highest BCUT2D eigenvalue weighted by atomic mass is 15.2. The average molecular weight is 829 g/mol. The van der Waals surface area contributed by atoms with Crippen molar-refractivity contribution in [3.8, 4) is 11.1 Å². The Bertz CT molecular complexity index is 2890. The van der Waals surface area contributed by atoms with E-state index in [0.717, 1.165) is 12.8 Å². The molecule has 4 aliphatic rings. The third kappa shape index (κ3) is 6.33. The smallest absolute Gasteiger partial charge is 0.252 e. The number of anilines is 6. The number of hydrogen-bond acceptors (Lipinski definition) is 2. The second kappa shape index (κ2) is 13.3. The largest absolute Gasteiger partial charge is 0.311 e. The van der Waals surface area contributed by atoms with E-state index in [0.29, 0.717) is 0 Å². The van der Waals surface area contributed by atoms with Gasteiger partial charge in [-0.3, -0.25) is 0 Å². The van der Waals surface area contributed by atoms with Crippen molar-refractivity contribution in [2.24, 2.45) is 0 Å². The molecule has 0 radical (unpaired) electrons. The normalized spacial score (nSPS) is 18.4. The van der Waals surface area contributed by atoms with Crippen molar-refractivity contribution in [3.63, 3.8) is 0 Å². The Balaban J connectivity index is 1.35. The van der Waals surface area contributed by atoms with Gasteiger partial charge in [-0.25, -0.2) is 0 Å². The van der Waals surface area contributed by atoms with Gasteiger partial charge in [-0.1, -0.05) is 158 Å². The third-order valence-electron chi connectivity index (χ3n) is 15.7. The summed E-state index contributed by atoms with van der Waals surface area (Å²) in [4.78, 5) is 5.36. The molecule has 0 unspecified atom stereocenters. The van der Waals surface area contributed by atoms with Crippen molar-refractivity contribution in [2.75, 3.05) is 9.80 Å². The molecule has 0 saturated heterocycles. The second-order valence-corrected chi connectivity index (χ2v) is 24.7. The van der Waals surface area contributed by atoms with E-state index in [4.69, 9.17) is 0 Å². The zero-order chi connectivity index (χ0) is 45.1. The quantitative estimate of drug-likeness (QED) is 0.164. The van der Waals surface area contributed by atoms with E-state index in [-0.39, 0.29) is 39.2 Å². The highest BCUT2D eigenvalue weighted by molar-refractivity contribution is 7.00. The molecular weight excluding hydrogens is 759 g/mol. The standard InChI is InChI=1S/C60H69BN2/c1-36-26-52-54-53(27-36)63(50-32-44-42(28-37(50)2)57(9,10)34-59(44,13)14)49-25-23-40(56(6,7)8)30-46(49)61(54)47-31-43-45(60(15,16)35-58(43,11)12)33-51(47)62(52)48-24-22-39(55(3,4)5)29-41(48)38-20-18-17-19-21-38/h17-33H,34-35H2,1-16H3. The van der Waals surface area contributed by atoms with E-state index in [9.17, 15) is 0 Å². The van der Waals surface area contributed by atoms with Crippen LogP contribution in [-0.4, -0.2) is 6.71 Å². The van der Waals surface area contributed by atoms with Gasteiger partial charge in [0.25, 0.3) is 6.71 Å². The molecule has 0 aromatic heterocycles. The minimum absolute atomic E-state index is 0.00162. The van der Waals surface area contributed by atoms with E-state index in [1.165, 1.54) is 106 Å². The summed E-state index contributed by atoms with van der Waals surface area (Å²) >= 11 is 0. The third-order valence-corrected chi connectivity index (χ3v) is 15.7. The number of fused-ring (bicyclic) bond motifs is 6. The van der Waals surface area contributed by atoms with Crippen molar-refractivity contribution in [1.82, 2.24) is 0 Å². The molecule has 6 aromatic carbocycles. The average Bonchev–Trinajstić information content (AvgIpc) is 3.49. The predicted octanol–water partition coefficient (Wildman–Crippen LogP) is 14.6. The molecule has 0 amide bonds. The minimum atomic E-state index is -0.0117. The van der Waals surface area contributed by atoms with Crippen molar-refractivity contribution >= 4 is 57.2 Å². The molecule has 2 heterocycles. The Morgan fingerprint density at radius 1 is 0.444 bits per heavy atom. The zero-order valence-corrected chi connectivity index (χ0v) is 41.2. The summed E-state index contributed by atoms with van der Waals surface area (Å²) in [5.74, 6) is 0. The maximum atomic E-state index is 2.69. The lowest BCUT2D eigenvalue weighted by molar-refractivity contribution is 0.402. The fraction of sp³-hybridized carbons (Fsp3) is 0.400. The van der Waals surface area contributed by atoms with Crippen molar-refractivity contribution in [3.05, 3.63) is 148 Å². The molecule has 0 atom stereocenters. The Hall–Kier alpha value is -5.02. The molecule has 0 N–H and O–H groups in total. The van der Waals surface area contributed by atoms with E-state index in [1.807, 2.05) is 0 Å². The topological polar surface area (TPSA) is 6.48 Å². The molecule has 2 aliphatic heterocycles. The summed E-state index contributed by atoms with van der Waals surface area (Å²) < 4.78 is 0. The van der Waals surface area contributed by atoms with E-state index in [2.05, 4.69) is 224 Å². The van der Waals surface area contributed by atoms with Crippen LogP contribution in [0.25, 0.3) is 11.1 Å². The highest BCUT2D eigenvalue weighted by Gasteiger charge is 2.49. The Kier molecular flexibility index (Phi) is 8.84. The molecule has 63 heavy (non-hydrogen) atoms. The van der Waals surface area contributed by atoms with Gasteiger partial charge >= 0.3 is 0 Å². The molecule has 2 nitrogen and oxygen atoms in total. The van der Waals surface area contributed by atoms with Gasteiger partial charge in [0.1, 0.15) is 0 Å². The lowest BCUT2D eigenvalue weighted by atomic mass is 9.33. The molecule has 2 aliphatic carbocycles. The van der Waals surface area contributed by atoms with Gasteiger partial charge in [-0.15, -0.1) is 0 Å². The first-order chi connectivity index (χ1) is 29.3. The van der Waals surface area contributed by atoms with Crippen LogP contribution in [0, 0.1) is 13.8 Å². The molecule has 3 heteroatoms. The monoisotopic (exact) mass is 829 g/mol. The van der Waals surface area contributed by atoms with Gasteiger partial charge in [-0.2, -0.15) is 0 Å². The zero-order valence-electron chi connectivity index (χ0n) is 41.2. The SMILES string of the molecule is Cc1cc2c3c(c1)N(c1ccc(C(C)(C)C)cc1-c1ccccc1)c1cc4c(cc1B3c1cc(C(C)(C)C)ccc1N2c1cc2c(cc1C)C(C)(C)CC2(C)C)C(C)(C)CC4(C)C. The second-order valence-electron chi connectivity index (χ2n) is 24.7. The Morgan fingerprint density at radius 3 is 1.46 bits per heavy atom. The van der Waals surface area contributed by atoms with Crippen LogP contribution in [0.2, 0.25) is 0 Å². The number of hydrogen-bond donors (Lipinski definition) is 0. The van der Waals surface area contributed by atoms with Gasteiger partial charge in [0, 0.05) is 34.0 Å². The summed E-state index contributed by atoms with van der Waals surface area (Å²) in [5, 5.41) is 0. The number of nitrogens with zero attached hydrogens (tertiary/aromatic N) is 2. The molecule has 0 saturated carbocycles. The van der Waals surface area contributed by atoms with E-state index >= 15 is 0 Å². The van der Waals surface area contributed by atoms with Crippen LogP contribution in [0.15, 0.2) is 103 Å². The number of rotatable bonds is 3. The van der Waals surface area contributed by atoms with Crippen molar-refractivity contribution < 1.29 is 0 Å². The number of benzene rings is 6. The van der Waals surface area contributed by atoms with Crippen LogP contribution < -0.4 is 26.2 Å². The van der Waals surface area contributed by atoms with Gasteiger partial charge in [0.05, 0.1) is 5.69 Å². The molecule has 0 bridgehead atoms. The first-order valence-electron chi connectivity index (χ1n) is 23.7. The Labute approximate surface area is 380 Å². The van der Waals surface area contributed by atoms with Crippen LogP contribution >= 0.6 is 0 Å². The predicted molar refractivity (Wildman–Crippen MR) is 274 cm³/mol. The first-order valence-corrected chi connectivity index (χ1v) is 23.7. The number of aryl methyl sites for hydroxylation is 2. The molecule has 0 spiro atoms. The molecule has 10 rings (SSSR count). The van der Waals surface area contributed by atoms with E-state index < -0.39 is 0 Å². The van der Waals surface area contributed by atoms with Crippen LogP contribution in [0.5, 0.6) is 0 Å². The van der Waals surface area contributed by atoms with Gasteiger partial charge in [-0.05, 0) is 168 Å². The summed E-state index contributed by atoms with van der Waals surface area (Å²) in [6, 6.07) is 41.3.